The van der Waals surface area contributed by atoms with E-state index < -0.39 is 13.5 Å². The zero-order valence-electron chi connectivity index (χ0n) is 41.8. The molecule has 12 aromatic carbocycles. The van der Waals surface area contributed by atoms with Gasteiger partial charge in [0.15, 0.2) is 8.07 Å². The first-order valence-corrected chi connectivity index (χ1v) is 28.4. The van der Waals surface area contributed by atoms with Crippen molar-refractivity contribution in [3.63, 3.8) is 0 Å². The average Bonchev–Trinajstić information content (AvgIpc) is 4.13. The number of hydrogen-bond donors (Lipinski definition) is 0. The molecule has 0 atom stereocenters. The molecule has 356 valence electrons. The topological polar surface area (TPSA) is 9.86 Å². The molecule has 2 heterocycles. The molecule has 0 radical (unpaired) electrons. The van der Waals surface area contributed by atoms with Crippen LogP contribution in [0, 0.1) is 0 Å². The van der Waals surface area contributed by atoms with Crippen LogP contribution in [0.5, 0.6) is 0 Å². The van der Waals surface area contributed by atoms with Crippen molar-refractivity contribution in [1.82, 2.24) is 9.13 Å². The normalized spacial score (nSPS) is 12.8. The van der Waals surface area contributed by atoms with Gasteiger partial charge in [0.05, 0.1) is 27.5 Å². The minimum atomic E-state index is -2.69. The van der Waals surface area contributed by atoms with E-state index in [4.69, 9.17) is 0 Å². The molecule has 14 aromatic rings. The third-order valence-electron chi connectivity index (χ3n) is 16.6. The monoisotopic (exact) mass is 982 g/mol. The van der Waals surface area contributed by atoms with E-state index in [9.17, 15) is 0 Å². The maximum Gasteiger partial charge on any atom is 0.179 e. The Labute approximate surface area is 443 Å². The average molecular weight is 983 g/mol. The summed E-state index contributed by atoms with van der Waals surface area (Å²) in [4.78, 5) is 0. The van der Waals surface area contributed by atoms with Crippen LogP contribution >= 0.6 is 0 Å². The molecule has 15 rings (SSSR count). The predicted octanol–water partition coefficient (Wildman–Crippen LogP) is 15.3. The Bertz CT molecular complexity index is 4350. The first-order chi connectivity index (χ1) is 37.7. The molecule has 0 aliphatic heterocycles. The Morgan fingerprint density at radius 2 is 0.697 bits per heavy atom. The number of rotatable bonds is 9. The van der Waals surface area contributed by atoms with Crippen molar-refractivity contribution in [3.05, 3.63) is 326 Å². The lowest BCUT2D eigenvalue weighted by molar-refractivity contribution is 0.768. The van der Waals surface area contributed by atoms with E-state index in [1.807, 2.05) is 0 Å². The third-order valence-corrected chi connectivity index (χ3v) is 21.4. The maximum atomic E-state index is 2.49. The van der Waals surface area contributed by atoms with E-state index in [0.29, 0.717) is 0 Å². The molecule has 0 saturated carbocycles. The van der Waals surface area contributed by atoms with Crippen molar-refractivity contribution in [2.45, 2.75) is 5.41 Å². The molecule has 0 N–H and O–H groups in total. The van der Waals surface area contributed by atoms with Gasteiger partial charge in [-0.05, 0) is 114 Å². The molecule has 0 spiro atoms. The smallest absolute Gasteiger partial charge is 0.179 e. The molecule has 3 heteroatoms. The molecule has 0 bridgehead atoms. The molecule has 0 unspecified atom stereocenters. The van der Waals surface area contributed by atoms with Crippen molar-refractivity contribution in [2.75, 3.05) is 0 Å². The minimum Gasteiger partial charge on any atom is -0.309 e. The van der Waals surface area contributed by atoms with Gasteiger partial charge >= 0.3 is 0 Å². The molecule has 0 fully saturated rings. The molecule has 2 aromatic heterocycles. The second-order valence-corrected chi connectivity index (χ2v) is 24.1. The standard InChI is InChI=1S/C73H50N2Si/c1-6-23-52(24-7-1)73(53-25-8-2-9-26-53)66-37-19-16-35-64(66)72-60(36-22-38-67(72)73)51-41-47-63-61-33-17-20-39-68(61)75(71(63)49-51)55-44-48-70-65(50-55)62-34-18-21-40-69(62)74(70)54-42-45-59(46-43-54)76(56-27-10-3-11-28-56,57-29-12-4-13-30-57)58-31-14-5-15-32-58/h1-50H. The summed E-state index contributed by atoms with van der Waals surface area (Å²) in [6, 6.07) is 113. The summed E-state index contributed by atoms with van der Waals surface area (Å²) >= 11 is 0. The number of para-hydroxylation sites is 2. The second kappa shape index (κ2) is 17.6. The van der Waals surface area contributed by atoms with Crippen LogP contribution in [-0.4, -0.2) is 17.2 Å². The lowest BCUT2D eigenvalue weighted by atomic mass is 9.67. The Hall–Kier alpha value is -9.54. The molecule has 1 aliphatic carbocycles. The van der Waals surface area contributed by atoms with Gasteiger partial charge in [-0.1, -0.05) is 255 Å². The van der Waals surface area contributed by atoms with E-state index in [1.54, 1.807) is 0 Å². The van der Waals surface area contributed by atoms with Crippen LogP contribution < -0.4 is 20.7 Å². The second-order valence-electron chi connectivity index (χ2n) is 20.3. The third kappa shape index (κ3) is 6.40. The lowest BCUT2D eigenvalue weighted by Crippen LogP contribution is -2.74. The molecule has 1 aliphatic rings. The Kier molecular flexibility index (Phi) is 10.2. The van der Waals surface area contributed by atoms with Crippen LogP contribution in [-0.2, 0) is 5.41 Å². The number of aromatic nitrogens is 2. The predicted molar refractivity (Wildman–Crippen MR) is 321 cm³/mol. The molecule has 76 heavy (non-hydrogen) atoms. The number of benzene rings is 12. The van der Waals surface area contributed by atoms with E-state index >= 15 is 0 Å². The fourth-order valence-corrected chi connectivity index (χ4v) is 18.2. The Balaban J connectivity index is 0.899. The summed E-state index contributed by atoms with van der Waals surface area (Å²) in [5.74, 6) is 0. The summed E-state index contributed by atoms with van der Waals surface area (Å²) in [5.41, 5.74) is 16.7. The molecular weight excluding hydrogens is 933 g/mol. The van der Waals surface area contributed by atoms with Crippen molar-refractivity contribution in [2.24, 2.45) is 0 Å². The fraction of sp³-hybridized carbons (Fsp3) is 0.0137. The summed E-state index contributed by atoms with van der Waals surface area (Å²) in [5, 5.41) is 10.4. The van der Waals surface area contributed by atoms with Gasteiger partial charge in [-0.15, -0.1) is 0 Å². The van der Waals surface area contributed by atoms with Gasteiger partial charge in [0.25, 0.3) is 0 Å². The zero-order chi connectivity index (χ0) is 50.2. The zero-order valence-corrected chi connectivity index (χ0v) is 42.8. The Morgan fingerprint density at radius 3 is 1.30 bits per heavy atom. The first kappa shape index (κ1) is 44.0. The van der Waals surface area contributed by atoms with Crippen LogP contribution in [0.25, 0.3) is 77.2 Å². The van der Waals surface area contributed by atoms with Gasteiger partial charge in [0.2, 0.25) is 0 Å². The van der Waals surface area contributed by atoms with Crippen molar-refractivity contribution >= 4 is 72.4 Å². The number of fused-ring (bicyclic) bond motifs is 9. The van der Waals surface area contributed by atoms with Gasteiger partial charge in [0, 0.05) is 32.9 Å². The largest absolute Gasteiger partial charge is 0.309 e. The summed E-state index contributed by atoms with van der Waals surface area (Å²) < 4.78 is 4.95. The summed E-state index contributed by atoms with van der Waals surface area (Å²) in [6.07, 6.45) is 0. The van der Waals surface area contributed by atoms with E-state index in [0.717, 1.165) is 11.4 Å². The van der Waals surface area contributed by atoms with Gasteiger partial charge < -0.3 is 9.13 Å². The van der Waals surface area contributed by atoms with E-state index in [-0.39, 0.29) is 0 Å². The van der Waals surface area contributed by atoms with Crippen LogP contribution in [0.1, 0.15) is 22.3 Å². The SMILES string of the molecule is c1ccc(C2(c3ccccc3)c3ccccc3-c3c(-c4ccc5c6ccccc6n(-c6ccc7c(c6)c6ccccc6n7-c6ccc([Si](c7ccccc7)(c7ccccc7)c7ccccc7)cc6)c5c4)cccc32)cc1. The quantitative estimate of drug-likeness (QED) is 0.101. The Morgan fingerprint density at radius 1 is 0.263 bits per heavy atom. The van der Waals surface area contributed by atoms with Crippen molar-refractivity contribution in [3.8, 4) is 33.6 Å². The minimum absolute atomic E-state index is 0.473. The highest BCUT2D eigenvalue weighted by Gasteiger charge is 2.47. The van der Waals surface area contributed by atoms with Crippen molar-refractivity contribution < 1.29 is 0 Å². The summed E-state index contributed by atoms with van der Waals surface area (Å²) in [6.45, 7) is 0. The van der Waals surface area contributed by atoms with Crippen LogP contribution in [0.15, 0.2) is 303 Å². The highest BCUT2D eigenvalue weighted by Crippen LogP contribution is 2.58. The van der Waals surface area contributed by atoms with Crippen molar-refractivity contribution in [1.29, 1.82) is 0 Å². The van der Waals surface area contributed by atoms with Gasteiger partial charge in [0.1, 0.15) is 0 Å². The van der Waals surface area contributed by atoms with Gasteiger partial charge in [-0.3, -0.25) is 0 Å². The first-order valence-electron chi connectivity index (χ1n) is 26.4. The molecular formula is C73H50N2Si. The molecule has 2 nitrogen and oxygen atoms in total. The highest BCUT2D eigenvalue weighted by atomic mass is 28.3. The molecule has 0 amide bonds. The summed E-state index contributed by atoms with van der Waals surface area (Å²) in [7, 11) is -2.69. The fourth-order valence-electron chi connectivity index (χ4n) is 13.5. The van der Waals surface area contributed by atoms with E-state index in [1.165, 1.54) is 109 Å². The van der Waals surface area contributed by atoms with Crippen LogP contribution in [0.4, 0.5) is 0 Å². The van der Waals surface area contributed by atoms with E-state index in [2.05, 4.69) is 312 Å². The van der Waals surface area contributed by atoms with Crippen LogP contribution in [0.3, 0.4) is 0 Å². The van der Waals surface area contributed by atoms with Gasteiger partial charge in [-0.2, -0.15) is 0 Å². The molecule has 0 saturated heterocycles. The lowest BCUT2D eigenvalue weighted by Gasteiger charge is -2.34. The highest BCUT2D eigenvalue weighted by molar-refractivity contribution is 7.19. The maximum absolute atomic E-state index is 2.69. The van der Waals surface area contributed by atoms with Gasteiger partial charge in [-0.25, -0.2) is 0 Å². The number of hydrogen-bond acceptors (Lipinski definition) is 0. The van der Waals surface area contributed by atoms with Crippen LogP contribution in [0.2, 0.25) is 0 Å². The number of nitrogens with zero attached hydrogens (tertiary/aromatic N) is 2.